The van der Waals surface area contributed by atoms with Gasteiger partial charge in [-0.1, -0.05) is 19.1 Å². The van der Waals surface area contributed by atoms with E-state index in [-0.39, 0.29) is 5.91 Å². The SMILES string of the molecule is CC1CCN(C(=O)c2ccnc(F)c2)c2ccccc2S1. The first kappa shape index (κ1) is 14.1. The van der Waals surface area contributed by atoms with Gasteiger partial charge in [-0.2, -0.15) is 4.39 Å². The lowest BCUT2D eigenvalue weighted by atomic mass is 10.2. The Morgan fingerprint density at radius 3 is 3.00 bits per heavy atom. The number of fused-ring (bicyclic) bond motifs is 1. The first-order chi connectivity index (χ1) is 10.1. The lowest BCUT2D eigenvalue weighted by molar-refractivity contribution is 0.0986. The highest BCUT2D eigenvalue weighted by atomic mass is 32.2. The van der Waals surface area contributed by atoms with Crippen LogP contribution in [0.3, 0.4) is 0 Å². The van der Waals surface area contributed by atoms with Crippen molar-refractivity contribution < 1.29 is 9.18 Å². The molecule has 0 saturated heterocycles. The maximum Gasteiger partial charge on any atom is 0.258 e. The van der Waals surface area contributed by atoms with Crippen molar-refractivity contribution in [1.82, 2.24) is 4.98 Å². The van der Waals surface area contributed by atoms with Crippen molar-refractivity contribution in [2.24, 2.45) is 0 Å². The van der Waals surface area contributed by atoms with Crippen LogP contribution in [0.5, 0.6) is 0 Å². The third kappa shape index (κ3) is 2.93. The fraction of sp³-hybridized carbons (Fsp3) is 0.250. The summed E-state index contributed by atoms with van der Waals surface area (Å²) in [5.41, 5.74) is 1.23. The molecule has 21 heavy (non-hydrogen) atoms. The first-order valence-corrected chi connectivity index (χ1v) is 7.72. The largest absolute Gasteiger partial charge is 0.307 e. The number of nitrogens with zero attached hydrogens (tertiary/aromatic N) is 2. The van der Waals surface area contributed by atoms with Crippen molar-refractivity contribution in [3.05, 3.63) is 54.1 Å². The van der Waals surface area contributed by atoms with Gasteiger partial charge in [-0.3, -0.25) is 4.79 Å². The predicted octanol–water partition coefficient (Wildman–Crippen LogP) is 3.75. The van der Waals surface area contributed by atoms with Crippen LogP contribution in [0.2, 0.25) is 0 Å². The normalized spacial score (nSPS) is 18.0. The average Bonchev–Trinajstić information content (AvgIpc) is 2.65. The number of para-hydroxylation sites is 1. The molecule has 3 rings (SSSR count). The number of halogens is 1. The van der Waals surface area contributed by atoms with Crippen LogP contribution in [0.4, 0.5) is 10.1 Å². The van der Waals surface area contributed by atoms with E-state index in [1.807, 2.05) is 24.3 Å². The van der Waals surface area contributed by atoms with E-state index in [1.165, 1.54) is 12.3 Å². The quantitative estimate of drug-likeness (QED) is 0.752. The van der Waals surface area contributed by atoms with Crippen molar-refractivity contribution in [1.29, 1.82) is 0 Å². The van der Waals surface area contributed by atoms with Crippen LogP contribution in [0, 0.1) is 5.95 Å². The monoisotopic (exact) mass is 302 g/mol. The smallest absolute Gasteiger partial charge is 0.258 e. The van der Waals surface area contributed by atoms with Crippen molar-refractivity contribution in [2.75, 3.05) is 11.4 Å². The fourth-order valence-corrected chi connectivity index (χ4v) is 3.50. The van der Waals surface area contributed by atoms with Crippen LogP contribution in [0.15, 0.2) is 47.5 Å². The lowest BCUT2D eigenvalue weighted by Gasteiger charge is -2.22. The summed E-state index contributed by atoms with van der Waals surface area (Å²) in [6, 6.07) is 10.6. The van der Waals surface area contributed by atoms with Gasteiger partial charge in [-0.15, -0.1) is 11.8 Å². The van der Waals surface area contributed by atoms with Crippen LogP contribution >= 0.6 is 11.8 Å². The van der Waals surface area contributed by atoms with Crippen LogP contribution in [-0.4, -0.2) is 22.7 Å². The number of carbonyl (C=O) groups is 1. The van der Waals surface area contributed by atoms with Gasteiger partial charge in [0, 0.05) is 34.5 Å². The van der Waals surface area contributed by atoms with Gasteiger partial charge in [-0.25, -0.2) is 4.98 Å². The fourth-order valence-electron chi connectivity index (χ4n) is 2.39. The van der Waals surface area contributed by atoms with Crippen LogP contribution in [0.25, 0.3) is 0 Å². The summed E-state index contributed by atoms with van der Waals surface area (Å²) in [7, 11) is 0. The number of benzene rings is 1. The summed E-state index contributed by atoms with van der Waals surface area (Å²) in [5.74, 6) is -0.815. The summed E-state index contributed by atoms with van der Waals surface area (Å²) < 4.78 is 13.2. The molecular formula is C16H15FN2OS. The molecule has 0 saturated carbocycles. The Kier molecular flexibility index (Phi) is 3.92. The molecule has 5 heteroatoms. The molecule has 1 aliphatic heterocycles. The number of anilines is 1. The maximum atomic E-state index is 13.2. The van der Waals surface area contributed by atoms with Crippen molar-refractivity contribution >= 4 is 23.4 Å². The zero-order valence-electron chi connectivity index (χ0n) is 11.6. The van der Waals surface area contributed by atoms with Gasteiger partial charge in [0.25, 0.3) is 5.91 Å². The minimum absolute atomic E-state index is 0.182. The molecule has 1 aromatic carbocycles. The number of amides is 1. The number of rotatable bonds is 1. The van der Waals surface area contributed by atoms with Gasteiger partial charge >= 0.3 is 0 Å². The van der Waals surface area contributed by atoms with Crippen molar-refractivity contribution in [3.8, 4) is 0 Å². The Balaban J connectivity index is 2.00. The molecule has 2 heterocycles. The molecule has 1 amide bonds. The van der Waals surface area contributed by atoms with Crippen LogP contribution in [0.1, 0.15) is 23.7 Å². The van der Waals surface area contributed by atoms with Crippen molar-refractivity contribution in [3.63, 3.8) is 0 Å². The number of hydrogen-bond donors (Lipinski definition) is 0. The molecule has 0 spiro atoms. The summed E-state index contributed by atoms with van der Waals surface area (Å²) in [6.07, 6.45) is 2.22. The lowest BCUT2D eigenvalue weighted by Crippen LogP contribution is -2.32. The van der Waals surface area contributed by atoms with E-state index in [4.69, 9.17) is 0 Å². The number of aromatic nitrogens is 1. The molecule has 1 aromatic heterocycles. The Morgan fingerprint density at radius 1 is 1.38 bits per heavy atom. The van der Waals surface area contributed by atoms with E-state index < -0.39 is 5.95 Å². The molecule has 0 N–H and O–H groups in total. The number of pyridine rings is 1. The number of carbonyl (C=O) groups excluding carboxylic acids is 1. The Morgan fingerprint density at radius 2 is 2.19 bits per heavy atom. The second-order valence-corrected chi connectivity index (χ2v) is 6.49. The van der Waals surface area contributed by atoms with Crippen molar-refractivity contribution in [2.45, 2.75) is 23.5 Å². The predicted molar refractivity (Wildman–Crippen MR) is 82.2 cm³/mol. The molecule has 0 bridgehead atoms. The Bertz CT molecular complexity index is 677. The standard InChI is InChI=1S/C16H15FN2OS/c1-11-7-9-19(13-4-2-3-5-14(13)21-11)16(20)12-6-8-18-15(17)10-12/h2-6,8,10-11H,7,9H2,1H3. The highest BCUT2D eigenvalue weighted by Crippen LogP contribution is 2.37. The van der Waals surface area contributed by atoms with E-state index in [1.54, 1.807) is 22.7 Å². The summed E-state index contributed by atoms with van der Waals surface area (Å²) in [6.45, 7) is 2.79. The average molecular weight is 302 g/mol. The van der Waals surface area contributed by atoms with Gasteiger partial charge in [0.1, 0.15) is 0 Å². The second-order valence-electron chi connectivity index (χ2n) is 5.01. The molecule has 1 atom stereocenters. The topological polar surface area (TPSA) is 33.2 Å². The Hall–Kier alpha value is -1.88. The third-order valence-corrected chi connectivity index (χ3v) is 4.70. The van der Waals surface area contributed by atoms with Gasteiger partial charge in [0.2, 0.25) is 5.95 Å². The number of thioether (sulfide) groups is 1. The summed E-state index contributed by atoms with van der Waals surface area (Å²) in [4.78, 5) is 19.0. The third-order valence-electron chi connectivity index (χ3n) is 3.46. The molecule has 0 aliphatic carbocycles. The molecular weight excluding hydrogens is 287 g/mol. The van der Waals surface area contributed by atoms with Gasteiger partial charge < -0.3 is 4.90 Å². The second kappa shape index (κ2) is 5.85. The summed E-state index contributed by atoms with van der Waals surface area (Å²) in [5, 5.41) is 0.443. The molecule has 2 aromatic rings. The molecule has 1 unspecified atom stereocenters. The molecule has 108 valence electrons. The molecule has 0 fully saturated rings. The maximum absolute atomic E-state index is 13.2. The highest BCUT2D eigenvalue weighted by Gasteiger charge is 2.25. The molecule has 0 radical (unpaired) electrons. The van der Waals surface area contributed by atoms with Crippen LogP contribution in [-0.2, 0) is 0 Å². The first-order valence-electron chi connectivity index (χ1n) is 6.84. The van der Waals surface area contributed by atoms with Gasteiger partial charge in [0.15, 0.2) is 0 Å². The van der Waals surface area contributed by atoms with E-state index in [0.717, 1.165) is 17.0 Å². The summed E-state index contributed by atoms with van der Waals surface area (Å²) >= 11 is 1.77. The van der Waals surface area contributed by atoms with Gasteiger partial charge in [-0.05, 0) is 24.6 Å². The number of hydrogen-bond acceptors (Lipinski definition) is 3. The van der Waals surface area contributed by atoms with E-state index in [9.17, 15) is 9.18 Å². The van der Waals surface area contributed by atoms with E-state index in [0.29, 0.717) is 17.4 Å². The van der Waals surface area contributed by atoms with E-state index >= 15 is 0 Å². The zero-order chi connectivity index (χ0) is 14.8. The highest BCUT2D eigenvalue weighted by molar-refractivity contribution is 8.00. The minimum atomic E-state index is -0.633. The van der Waals surface area contributed by atoms with Crippen LogP contribution < -0.4 is 4.90 Å². The minimum Gasteiger partial charge on any atom is -0.307 e. The molecule has 3 nitrogen and oxygen atoms in total. The van der Waals surface area contributed by atoms with Gasteiger partial charge in [0.05, 0.1) is 5.69 Å². The zero-order valence-corrected chi connectivity index (χ0v) is 12.4. The molecule has 1 aliphatic rings. The Labute approximate surface area is 127 Å². The van der Waals surface area contributed by atoms with E-state index in [2.05, 4.69) is 11.9 Å².